The fourth-order valence-electron chi connectivity index (χ4n) is 1.17. The third-order valence-electron chi connectivity index (χ3n) is 1.75. The molecule has 11 heavy (non-hydrogen) atoms. The highest BCUT2D eigenvalue weighted by molar-refractivity contribution is 7.12. The van der Waals surface area contributed by atoms with E-state index in [0.29, 0.717) is 0 Å². The van der Waals surface area contributed by atoms with E-state index in [9.17, 15) is 0 Å². The molecule has 0 amide bonds. The van der Waals surface area contributed by atoms with Gasteiger partial charge in [-0.05, 0) is 23.9 Å². The summed E-state index contributed by atoms with van der Waals surface area (Å²) >= 11 is 1.75. The van der Waals surface area contributed by atoms with E-state index in [1.165, 1.54) is 10.4 Å². The number of thiophene rings is 1. The van der Waals surface area contributed by atoms with Crippen LogP contribution >= 0.6 is 11.3 Å². The van der Waals surface area contributed by atoms with Crippen LogP contribution in [0.5, 0.6) is 0 Å². The van der Waals surface area contributed by atoms with Crippen LogP contribution in [-0.4, -0.2) is 18.9 Å². The molecule has 0 unspecified atom stereocenters. The molecule has 2 heterocycles. The molecule has 0 saturated heterocycles. The number of aliphatic imine (C=N–C) groups is 1. The van der Waals surface area contributed by atoms with Crippen LogP contribution in [-0.2, 0) is 0 Å². The Balaban J connectivity index is 2.35. The lowest BCUT2D eigenvalue weighted by atomic mass is 10.3. The first-order chi connectivity index (χ1) is 5.38. The molecule has 0 bridgehead atoms. The predicted octanol–water partition coefficient (Wildman–Crippen LogP) is 1.41. The van der Waals surface area contributed by atoms with Crippen molar-refractivity contribution >= 4 is 17.2 Å². The predicted molar refractivity (Wildman–Crippen MR) is 48.5 cm³/mol. The van der Waals surface area contributed by atoms with Crippen molar-refractivity contribution in [2.24, 2.45) is 4.99 Å². The van der Waals surface area contributed by atoms with Gasteiger partial charge in [0.05, 0.1) is 11.4 Å². The van der Waals surface area contributed by atoms with Crippen molar-refractivity contribution in [1.29, 1.82) is 0 Å². The molecule has 0 aliphatic carbocycles. The quantitative estimate of drug-likeness (QED) is 0.670. The Labute approximate surface area is 70.0 Å². The lowest BCUT2D eigenvalue weighted by Crippen LogP contribution is -2.18. The Hall–Kier alpha value is -0.830. The smallest absolute Gasteiger partial charge is 0.138 e. The first kappa shape index (κ1) is 6.85. The molecule has 1 aliphatic rings. The van der Waals surface area contributed by atoms with Gasteiger partial charge in [-0.25, -0.2) is 0 Å². The Morgan fingerprint density at radius 2 is 2.55 bits per heavy atom. The van der Waals surface area contributed by atoms with Crippen molar-refractivity contribution in [3.8, 4) is 0 Å². The average Bonchev–Trinajstić information content (AvgIpc) is 2.55. The van der Waals surface area contributed by atoms with Gasteiger partial charge in [0.15, 0.2) is 0 Å². The number of amidine groups is 1. The van der Waals surface area contributed by atoms with Gasteiger partial charge in [0.2, 0.25) is 0 Å². The van der Waals surface area contributed by atoms with Gasteiger partial charge in [-0.1, -0.05) is 0 Å². The topological polar surface area (TPSA) is 24.4 Å². The molecule has 3 heteroatoms. The standard InChI is InChI=1S/C8H10N2S/c1-6-2-5-11-7(6)8-9-3-4-10-8/h2,5H,3-4H2,1H3,(H,9,10). The fraction of sp³-hybridized carbons (Fsp3) is 0.375. The maximum atomic E-state index is 4.35. The van der Waals surface area contributed by atoms with E-state index in [1.54, 1.807) is 11.3 Å². The zero-order valence-corrected chi connectivity index (χ0v) is 7.24. The molecule has 0 radical (unpaired) electrons. The zero-order chi connectivity index (χ0) is 7.68. The minimum atomic E-state index is 0.923. The van der Waals surface area contributed by atoms with Crippen LogP contribution in [0, 0.1) is 6.92 Å². The second kappa shape index (κ2) is 2.66. The molecule has 1 aliphatic heterocycles. The molecule has 0 fully saturated rings. The van der Waals surface area contributed by atoms with Gasteiger partial charge in [0.25, 0.3) is 0 Å². The van der Waals surface area contributed by atoms with Gasteiger partial charge >= 0.3 is 0 Å². The Bertz CT molecular complexity index is 288. The number of hydrogen-bond acceptors (Lipinski definition) is 3. The molecular formula is C8H10N2S. The third-order valence-corrected chi connectivity index (χ3v) is 2.77. The summed E-state index contributed by atoms with van der Waals surface area (Å²) < 4.78 is 0. The van der Waals surface area contributed by atoms with Gasteiger partial charge in [0, 0.05) is 6.54 Å². The monoisotopic (exact) mass is 166 g/mol. The number of rotatable bonds is 1. The summed E-state index contributed by atoms with van der Waals surface area (Å²) in [5.74, 6) is 1.08. The molecule has 0 saturated carbocycles. The van der Waals surface area contributed by atoms with Crippen molar-refractivity contribution in [2.45, 2.75) is 6.92 Å². The summed E-state index contributed by atoms with van der Waals surface area (Å²) in [6, 6.07) is 2.13. The van der Waals surface area contributed by atoms with E-state index in [-0.39, 0.29) is 0 Å². The van der Waals surface area contributed by atoms with Crippen LogP contribution in [0.1, 0.15) is 10.4 Å². The van der Waals surface area contributed by atoms with Gasteiger partial charge < -0.3 is 5.32 Å². The van der Waals surface area contributed by atoms with Crippen LogP contribution in [0.25, 0.3) is 0 Å². The lowest BCUT2D eigenvalue weighted by Gasteiger charge is -1.98. The Morgan fingerprint density at radius 3 is 3.09 bits per heavy atom. The molecule has 1 N–H and O–H groups in total. The summed E-state index contributed by atoms with van der Waals surface area (Å²) in [5.41, 5.74) is 1.32. The average molecular weight is 166 g/mol. The molecule has 0 atom stereocenters. The van der Waals surface area contributed by atoms with Crippen molar-refractivity contribution < 1.29 is 0 Å². The minimum absolute atomic E-state index is 0.923. The number of nitrogens with one attached hydrogen (secondary N) is 1. The Kier molecular flexibility index (Phi) is 1.66. The van der Waals surface area contributed by atoms with Crippen LogP contribution in [0.15, 0.2) is 16.4 Å². The largest absolute Gasteiger partial charge is 0.367 e. The number of hydrogen-bond donors (Lipinski definition) is 1. The lowest BCUT2D eigenvalue weighted by molar-refractivity contribution is 0.960. The minimum Gasteiger partial charge on any atom is -0.367 e. The van der Waals surface area contributed by atoms with Crippen LogP contribution in [0.2, 0.25) is 0 Å². The Morgan fingerprint density at radius 1 is 1.64 bits per heavy atom. The van der Waals surface area contributed by atoms with Gasteiger partial charge in [-0.2, -0.15) is 0 Å². The van der Waals surface area contributed by atoms with Crippen LogP contribution in [0.3, 0.4) is 0 Å². The molecule has 58 valence electrons. The molecule has 1 aromatic heterocycles. The summed E-state index contributed by atoms with van der Waals surface area (Å²) in [6.07, 6.45) is 0. The van der Waals surface area contributed by atoms with E-state index in [0.717, 1.165) is 18.9 Å². The van der Waals surface area contributed by atoms with Gasteiger partial charge in [0.1, 0.15) is 5.84 Å². The summed E-state index contributed by atoms with van der Waals surface area (Å²) in [4.78, 5) is 5.65. The van der Waals surface area contributed by atoms with E-state index in [2.05, 4.69) is 28.7 Å². The molecule has 2 rings (SSSR count). The van der Waals surface area contributed by atoms with E-state index < -0.39 is 0 Å². The molecule has 0 spiro atoms. The molecule has 0 aromatic carbocycles. The highest BCUT2D eigenvalue weighted by atomic mass is 32.1. The summed E-state index contributed by atoms with van der Waals surface area (Å²) in [7, 11) is 0. The normalized spacial score (nSPS) is 16.3. The summed E-state index contributed by atoms with van der Waals surface area (Å²) in [6.45, 7) is 4.04. The fourth-order valence-corrected chi connectivity index (χ4v) is 2.08. The maximum absolute atomic E-state index is 4.35. The molecule has 1 aromatic rings. The first-order valence-electron chi connectivity index (χ1n) is 3.71. The first-order valence-corrected chi connectivity index (χ1v) is 4.58. The number of aryl methyl sites for hydroxylation is 1. The van der Waals surface area contributed by atoms with Crippen LogP contribution in [0.4, 0.5) is 0 Å². The van der Waals surface area contributed by atoms with Crippen molar-refractivity contribution in [3.05, 3.63) is 21.9 Å². The summed E-state index contributed by atoms with van der Waals surface area (Å²) in [5, 5.41) is 5.36. The van der Waals surface area contributed by atoms with Gasteiger partial charge in [-0.3, -0.25) is 4.99 Å². The SMILES string of the molecule is Cc1ccsc1C1=NCCN1. The molecular weight excluding hydrogens is 156 g/mol. The highest BCUT2D eigenvalue weighted by Crippen LogP contribution is 2.16. The second-order valence-corrected chi connectivity index (χ2v) is 3.51. The number of nitrogens with zero attached hydrogens (tertiary/aromatic N) is 1. The van der Waals surface area contributed by atoms with Gasteiger partial charge in [-0.15, -0.1) is 11.3 Å². The van der Waals surface area contributed by atoms with Crippen LogP contribution < -0.4 is 5.32 Å². The van der Waals surface area contributed by atoms with E-state index in [4.69, 9.17) is 0 Å². The van der Waals surface area contributed by atoms with E-state index in [1.807, 2.05) is 0 Å². The zero-order valence-electron chi connectivity index (χ0n) is 6.42. The molecule has 2 nitrogen and oxygen atoms in total. The maximum Gasteiger partial charge on any atom is 0.138 e. The highest BCUT2D eigenvalue weighted by Gasteiger charge is 2.10. The van der Waals surface area contributed by atoms with E-state index >= 15 is 0 Å². The second-order valence-electron chi connectivity index (χ2n) is 2.59. The van der Waals surface area contributed by atoms with Crippen molar-refractivity contribution in [1.82, 2.24) is 5.32 Å². The van der Waals surface area contributed by atoms with Crippen molar-refractivity contribution in [2.75, 3.05) is 13.1 Å². The third kappa shape index (κ3) is 1.16. The van der Waals surface area contributed by atoms with Crippen molar-refractivity contribution in [3.63, 3.8) is 0 Å².